The summed E-state index contributed by atoms with van der Waals surface area (Å²) in [5.74, 6) is 0.533. The Hall–Kier alpha value is -2.31. The highest BCUT2D eigenvalue weighted by molar-refractivity contribution is 5.38. The number of aromatic hydroxyl groups is 1. The molecule has 1 N–H and O–H groups in total. The summed E-state index contributed by atoms with van der Waals surface area (Å²) in [5.41, 5.74) is 0.463. The topological polar surface area (TPSA) is 63.9 Å². The molecule has 0 spiro atoms. The number of nitrogens with zero attached hydrogens (tertiary/aromatic N) is 2. The molecule has 122 valence electrons. The van der Waals surface area contributed by atoms with Gasteiger partial charge in [0, 0.05) is 37.6 Å². The number of hydrogen-bond acceptors (Lipinski definition) is 5. The van der Waals surface area contributed by atoms with Gasteiger partial charge in [0.25, 0.3) is 0 Å². The van der Waals surface area contributed by atoms with E-state index in [0.717, 1.165) is 44.3 Å². The number of rotatable bonds is 5. The molecular weight excluding hydrogens is 296 g/mol. The predicted octanol–water partition coefficient (Wildman–Crippen LogP) is 1.25. The molecule has 6 heteroatoms. The van der Waals surface area contributed by atoms with E-state index >= 15 is 0 Å². The molecule has 0 radical (unpaired) electrons. The molecule has 1 fully saturated rings. The van der Waals surface area contributed by atoms with Crippen LogP contribution in [0.3, 0.4) is 0 Å². The number of pyridine rings is 1. The van der Waals surface area contributed by atoms with E-state index in [1.807, 2.05) is 24.3 Å². The van der Waals surface area contributed by atoms with Gasteiger partial charge in [-0.15, -0.1) is 0 Å². The van der Waals surface area contributed by atoms with Crippen LogP contribution in [-0.4, -0.2) is 54.0 Å². The molecule has 0 amide bonds. The molecule has 1 aliphatic heterocycles. The van der Waals surface area contributed by atoms with Gasteiger partial charge in [-0.3, -0.25) is 9.69 Å². The Morgan fingerprint density at radius 1 is 1.13 bits per heavy atom. The summed E-state index contributed by atoms with van der Waals surface area (Å²) < 4.78 is 12.8. The van der Waals surface area contributed by atoms with Crippen molar-refractivity contribution in [3.05, 3.63) is 52.9 Å². The molecule has 2 aromatic rings. The summed E-state index contributed by atoms with van der Waals surface area (Å²) in [5, 5.41) is 9.48. The number of hydrogen-bond donors (Lipinski definition) is 1. The lowest BCUT2D eigenvalue weighted by molar-refractivity contribution is 0.0322. The molecule has 1 aliphatic rings. The normalized spacial score (nSPS) is 15.5. The fourth-order valence-corrected chi connectivity index (χ4v) is 2.46. The minimum absolute atomic E-state index is 0.265. The molecule has 0 aliphatic carbocycles. The zero-order valence-corrected chi connectivity index (χ0v) is 12.9. The maximum absolute atomic E-state index is 11.2. The van der Waals surface area contributed by atoms with Crippen LogP contribution in [0.2, 0.25) is 0 Å². The fourth-order valence-electron chi connectivity index (χ4n) is 2.46. The highest BCUT2D eigenvalue weighted by atomic mass is 16.5. The quantitative estimate of drug-likeness (QED) is 0.899. The largest absolute Gasteiger partial charge is 0.503 e. The van der Waals surface area contributed by atoms with Crippen LogP contribution in [0.25, 0.3) is 5.69 Å². The van der Waals surface area contributed by atoms with Crippen LogP contribution in [0, 0.1) is 0 Å². The monoisotopic (exact) mass is 316 g/mol. The molecule has 23 heavy (non-hydrogen) atoms. The lowest BCUT2D eigenvalue weighted by Gasteiger charge is -2.26. The third kappa shape index (κ3) is 4.12. The highest BCUT2D eigenvalue weighted by Gasteiger charge is 2.09. The van der Waals surface area contributed by atoms with Gasteiger partial charge in [0.15, 0.2) is 5.75 Å². The van der Waals surface area contributed by atoms with Crippen LogP contribution in [0.1, 0.15) is 0 Å². The van der Waals surface area contributed by atoms with Crippen LogP contribution in [-0.2, 0) is 4.74 Å². The second-order valence-corrected chi connectivity index (χ2v) is 5.40. The van der Waals surface area contributed by atoms with Gasteiger partial charge in [-0.25, -0.2) is 0 Å². The lowest BCUT2D eigenvalue weighted by atomic mass is 10.3. The number of benzene rings is 1. The Balaban J connectivity index is 1.56. The summed E-state index contributed by atoms with van der Waals surface area (Å²) in [4.78, 5) is 13.5. The van der Waals surface area contributed by atoms with E-state index in [-0.39, 0.29) is 11.2 Å². The zero-order chi connectivity index (χ0) is 16.1. The Labute approximate surface area is 134 Å². The minimum atomic E-state index is -0.385. The summed E-state index contributed by atoms with van der Waals surface area (Å²) in [6, 6.07) is 8.86. The molecule has 1 aromatic heterocycles. The van der Waals surface area contributed by atoms with E-state index in [4.69, 9.17) is 9.47 Å². The molecule has 1 aromatic carbocycles. The van der Waals surface area contributed by atoms with E-state index < -0.39 is 0 Å². The Bertz CT molecular complexity index is 690. The standard InChI is InChI=1S/C17H20N2O4/c20-16-5-6-19(13-17(16)21)14-1-3-15(4-2-14)23-12-9-18-7-10-22-11-8-18/h1-6,13,21H,7-12H2. The summed E-state index contributed by atoms with van der Waals surface area (Å²) in [6.45, 7) is 5.02. The van der Waals surface area contributed by atoms with Crippen LogP contribution < -0.4 is 10.2 Å². The van der Waals surface area contributed by atoms with Gasteiger partial charge in [0.2, 0.25) is 5.43 Å². The zero-order valence-electron chi connectivity index (χ0n) is 12.9. The molecule has 0 saturated carbocycles. The van der Waals surface area contributed by atoms with Crippen molar-refractivity contribution in [1.29, 1.82) is 0 Å². The van der Waals surface area contributed by atoms with Crippen molar-refractivity contribution >= 4 is 0 Å². The molecule has 0 bridgehead atoms. The average Bonchev–Trinajstić information content (AvgIpc) is 2.59. The predicted molar refractivity (Wildman–Crippen MR) is 86.5 cm³/mol. The first kappa shape index (κ1) is 15.6. The van der Waals surface area contributed by atoms with Crippen molar-refractivity contribution in [2.75, 3.05) is 39.5 Å². The maximum atomic E-state index is 11.2. The third-order valence-corrected chi connectivity index (χ3v) is 3.82. The minimum Gasteiger partial charge on any atom is -0.503 e. The molecule has 1 saturated heterocycles. The highest BCUT2D eigenvalue weighted by Crippen LogP contribution is 2.16. The molecule has 0 unspecified atom stereocenters. The molecule has 3 rings (SSSR count). The SMILES string of the molecule is O=c1ccn(-c2ccc(OCCN3CCOCC3)cc2)cc1O. The van der Waals surface area contributed by atoms with Crippen LogP contribution >= 0.6 is 0 Å². The molecule has 2 heterocycles. The Morgan fingerprint density at radius 3 is 2.57 bits per heavy atom. The van der Waals surface area contributed by atoms with Crippen LogP contribution in [0.4, 0.5) is 0 Å². The first-order chi connectivity index (χ1) is 11.2. The lowest BCUT2D eigenvalue weighted by Crippen LogP contribution is -2.38. The van der Waals surface area contributed by atoms with Crippen molar-refractivity contribution in [3.8, 4) is 17.2 Å². The van der Waals surface area contributed by atoms with E-state index in [9.17, 15) is 9.90 Å². The molecule has 0 atom stereocenters. The van der Waals surface area contributed by atoms with Crippen LogP contribution in [0.5, 0.6) is 11.5 Å². The average molecular weight is 316 g/mol. The first-order valence-electron chi connectivity index (χ1n) is 7.67. The van der Waals surface area contributed by atoms with Gasteiger partial charge >= 0.3 is 0 Å². The Kier molecular flexibility index (Phi) is 4.95. The van der Waals surface area contributed by atoms with E-state index in [2.05, 4.69) is 4.90 Å². The molecule has 6 nitrogen and oxygen atoms in total. The van der Waals surface area contributed by atoms with Crippen LogP contribution in [0.15, 0.2) is 47.5 Å². The second kappa shape index (κ2) is 7.30. The van der Waals surface area contributed by atoms with Gasteiger partial charge < -0.3 is 19.1 Å². The van der Waals surface area contributed by atoms with Crippen molar-refractivity contribution in [2.24, 2.45) is 0 Å². The maximum Gasteiger partial charge on any atom is 0.223 e. The smallest absolute Gasteiger partial charge is 0.223 e. The second-order valence-electron chi connectivity index (χ2n) is 5.40. The van der Waals surface area contributed by atoms with Crippen molar-refractivity contribution in [2.45, 2.75) is 0 Å². The fraction of sp³-hybridized carbons (Fsp3) is 0.353. The number of aromatic nitrogens is 1. The van der Waals surface area contributed by atoms with Crippen molar-refractivity contribution in [1.82, 2.24) is 9.47 Å². The molecular formula is C17H20N2O4. The van der Waals surface area contributed by atoms with E-state index in [1.165, 1.54) is 12.3 Å². The van der Waals surface area contributed by atoms with Gasteiger partial charge in [0.1, 0.15) is 12.4 Å². The van der Waals surface area contributed by atoms with E-state index in [0.29, 0.717) is 6.61 Å². The summed E-state index contributed by atoms with van der Waals surface area (Å²) >= 11 is 0. The van der Waals surface area contributed by atoms with Crippen molar-refractivity contribution < 1.29 is 14.6 Å². The van der Waals surface area contributed by atoms with E-state index in [1.54, 1.807) is 10.8 Å². The van der Waals surface area contributed by atoms with Gasteiger partial charge in [0.05, 0.1) is 19.4 Å². The summed E-state index contributed by atoms with van der Waals surface area (Å²) in [6.07, 6.45) is 3.02. The summed E-state index contributed by atoms with van der Waals surface area (Å²) in [7, 11) is 0. The van der Waals surface area contributed by atoms with Gasteiger partial charge in [-0.2, -0.15) is 0 Å². The first-order valence-corrected chi connectivity index (χ1v) is 7.67. The van der Waals surface area contributed by atoms with Crippen molar-refractivity contribution in [3.63, 3.8) is 0 Å². The Morgan fingerprint density at radius 2 is 1.87 bits per heavy atom. The third-order valence-electron chi connectivity index (χ3n) is 3.82. The van der Waals surface area contributed by atoms with Gasteiger partial charge in [-0.05, 0) is 24.3 Å². The number of ether oxygens (including phenoxy) is 2. The number of morpholine rings is 1. The van der Waals surface area contributed by atoms with Gasteiger partial charge in [-0.1, -0.05) is 0 Å².